The number of aromatic nitrogens is 2. The Labute approximate surface area is 138 Å². The summed E-state index contributed by atoms with van der Waals surface area (Å²) in [6, 6.07) is 2.18. The van der Waals surface area contributed by atoms with E-state index in [1.807, 2.05) is 6.07 Å². The van der Waals surface area contributed by atoms with Gasteiger partial charge in [0, 0.05) is 24.8 Å². The van der Waals surface area contributed by atoms with Crippen molar-refractivity contribution < 1.29 is 4.79 Å². The number of carbonyl (C=O) groups excluding carboxylic acids is 1. The second-order valence-electron chi connectivity index (χ2n) is 7.14. The fraction of sp³-hybridized carbons (Fsp3) is 0.722. The van der Waals surface area contributed by atoms with Gasteiger partial charge in [-0.25, -0.2) is 9.97 Å². The van der Waals surface area contributed by atoms with Gasteiger partial charge in [-0.3, -0.25) is 4.79 Å². The van der Waals surface area contributed by atoms with E-state index in [4.69, 9.17) is 4.98 Å². The normalized spacial score (nSPS) is 19.3. The maximum Gasteiger partial charge on any atom is 0.270 e. The predicted molar refractivity (Wildman–Crippen MR) is 91.9 cm³/mol. The molecule has 3 rings (SSSR count). The first-order valence-electron chi connectivity index (χ1n) is 9.08. The lowest BCUT2D eigenvalue weighted by Crippen LogP contribution is -2.35. The molecule has 5 heteroatoms. The summed E-state index contributed by atoms with van der Waals surface area (Å²) in [6.45, 7) is 6.21. The molecule has 0 bridgehead atoms. The van der Waals surface area contributed by atoms with Gasteiger partial charge in [0.15, 0.2) is 0 Å². The van der Waals surface area contributed by atoms with Crippen molar-refractivity contribution >= 4 is 11.9 Å². The Hall–Kier alpha value is -1.65. The molecular weight excluding hydrogens is 288 g/mol. The zero-order valence-electron chi connectivity index (χ0n) is 14.3. The lowest BCUT2D eigenvalue weighted by atomic mass is 10.1. The summed E-state index contributed by atoms with van der Waals surface area (Å²) in [5.74, 6) is 0.978. The molecule has 1 saturated heterocycles. The highest BCUT2D eigenvalue weighted by atomic mass is 16.1. The third-order valence-corrected chi connectivity index (χ3v) is 4.89. The molecule has 1 amide bonds. The van der Waals surface area contributed by atoms with Gasteiger partial charge in [0.25, 0.3) is 5.91 Å². The zero-order chi connectivity index (χ0) is 16.2. The maximum atomic E-state index is 12.6. The van der Waals surface area contributed by atoms with E-state index in [0.717, 1.165) is 37.6 Å². The monoisotopic (exact) mass is 316 g/mol. The number of hydrogen-bond donors (Lipinski definition) is 1. The van der Waals surface area contributed by atoms with Crippen LogP contribution in [0.5, 0.6) is 0 Å². The van der Waals surface area contributed by atoms with Gasteiger partial charge >= 0.3 is 0 Å². The van der Waals surface area contributed by atoms with Gasteiger partial charge in [-0.1, -0.05) is 26.7 Å². The third kappa shape index (κ3) is 4.01. The van der Waals surface area contributed by atoms with Crippen LogP contribution < -0.4 is 10.2 Å². The van der Waals surface area contributed by atoms with Gasteiger partial charge < -0.3 is 10.2 Å². The number of nitrogens with one attached hydrogen (secondary N) is 1. The minimum atomic E-state index is -0.0422. The van der Waals surface area contributed by atoms with Crippen LogP contribution >= 0.6 is 0 Å². The van der Waals surface area contributed by atoms with Crippen LogP contribution in [0.2, 0.25) is 0 Å². The van der Waals surface area contributed by atoms with E-state index in [1.165, 1.54) is 32.1 Å². The summed E-state index contributed by atoms with van der Waals surface area (Å²) >= 11 is 0. The molecule has 1 aromatic heterocycles. The first kappa shape index (κ1) is 16.2. The molecule has 1 saturated carbocycles. The van der Waals surface area contributed by atoms with E-state index in [1.54, 1.807) is 0 Å². The zero-order valence-corrected chi connectivity index (χ0v) is 14.3. The molecule has 0 radical (unpaired) electrons. The van der Waals surface area contributed by atoms with E-state index in [-0.39, 0.29) is 5.91 Å². The van der Waals surface area contributed by atoms with Gasteiger partial charge in [-0.15, -0.1) is 0 Å². The molecule has 2 fully saturated rings. The maximum absolute atomic E-state index is 12.6. The Bertz CT molecular complexity index is 546. The van der Waals surface area contributed by atoms with Crippen molar-refractivity contribution in [3.05, 3.63) is 17.5 Å². The number of hydrogen-bond acceptors (Lipinski definition) is 4. The second-order valence-corrected chi connectivity index (χ2v) is 7.14. The Balaban J connectivity index is 1.82. The quantitative estimate of drug-likeness (QED) is 0.926. The summed E-state index contributed by atoms with van der Waals surface area (Å²) in [7, 11) is 0. The predicted octanol–water partition coefficient (Wildman–Crippen LogP) is 3.26. The third-order valence-electron chi connectivity index (χ3n) is 4.89. The van der Waals surface area contributed by atoms with Crippen molar-refractivity contribution in [3.63, 3.8) is 0 Å². The highest BCUT2D eigenvalue weighted by Crippen LogP contribution is 2.22. The van der Waals surface area contributed by atoms with E-state index < -0.39 is 0 Å². The van der Waals surface area contributed by atoms with Gasteiger partial charge in [0.1, 0.15) is 5.69 Å². The van der Waals surface area contributed by atoms with Crippen molar-refractivity contribution in [2.75, 3.05) is 18.0 Å². The first-order valence-corrected chi connectivity index (χ1v) is 9.08. The van der Waals surface area contributed by atoms with Gasteiger partial charge in [0.05, 0.1) is 0 Å². The Morgan fingerprint density at radius 2 is 1.83 bits per heavy atom. The minimum absolute atomic E-state index is 0.0422. The average Bonchev–Trinajstić information content (AvgIpc) is 3.08. The fourth-order valence-electron chi connectivity index (χ4n) is 3.43. The molecule has 0 unspecified atom stereocenters. The number of amides is 1. The van der Waals surface area contributed by atoms with E-state index in [2.05, 4.69) is 29.0 Å². The highest BCUT2D eigenvalue weighted by molar-refractivity contribution is 5.92. The van der Waals surface area contributed by atoms with Crippen molar-refractivity contribution in [2.24, 2.45) is 0 Å². The number of piperidine rings is 1. The first-order chi connectivity index (χ1) is 11.1. The van der Waals surface area contributed by atoms with Crippen LogP contribution in [0.4, 0.5) is 5.95 Å². The number of rotatable bonds is 4. The number of carbonyl (C=O) groups is 1. The molecule has 0 spiro atoms. The summed E-state index contributed by atoms with van der Waals surface area (Å²) in [5, 5.41) is 3.14. The molecule has 1 aliphatic carbocycles. The van der Waals surface area contributed by atoms with E-state index >= 15 is 0 Å². The van der Waals surface area contributed by atoms with Crippen molar-refractivity contribution in [2.45, 2.75) is 70.8 Å². The van der Waals surface area contributed by atoms with Crippen LogP contribution in [-0.4, -0.2) is 35.0 Å². The van der Waals surface area contributed by atoms with Crippen LogP contribution in [0.3, 0.4) is 0 Å². The molecule has 0 aromatic carbocycles. The molecule has 1 N–H and O–H groups in total. The topological polar surface area (TPSA) is 58.1 Å². The van der Waals surface area contributed by atoms with Gasteiger partial charge in [-0.05, 0) is 44.1 Å². The smallest absolute Gasteiger partial charge is 0.270 e. The van der Waals surface area contributed by atoms with Gasteiger partial charge in [0.2, 0.25) is 5.95 Å². The lowest BCUT2D eigenvalue weighted by Gasteiger charge is -2.27. The molecular formula is C18H28N4O. The average molecular weight is 316 g/mol. The molecule has 23 heavy (non-hydrogen) atoms. The Morgan fingerprint density at radius 3 is 2.48 bits per heavy atom. The second kappa shape index (κ2) is 7.28. The SMILES string of the molecule is CC(C)c1cc(C(=O)NC2CCCC2)nc(N2CCCCC2)n1. The number of nitrogens with zero attached hydrogens (tertiary/aromatic N) is 3. The number of anilines is 1. The molecule has 1 aromatic rings. The molecule has 2 aliphatic rings. The standard InChI is InChI=1S/C18H28N4O/c1-13(2)15-12-16(17(23)19-14-8-4-5-9-14)21-18(20-15)22-10-6-3-7-11-22/h12-14H,3-11H2,1-2H3,(H,19,23). The largest absolute Gasteiger partial charge is 0.348 e. The summed E-state index contributed by atoms with van der Waals surface area (Å²) < 4.78 is 0. The molecule has 0 atom stereocenters. The summed E-state index contributed by atoms with van der Waals surface area (Å²) in [4.78, 5) is 24.1. The molecule has 126 valence electrons. The Kier molecular flexibility index (Phi) is 5.13. The van der Waals surface area contributed by atoms with Crippen LogP contribution in [0, 0.1) is 0 Å². The van der Waals surface area contributed by atoms with E-state index in [9.17, 15) is 4.79 Å². The van der Waals surface area contributed by atoms with Crippen molar-refractivity contribution in [3.8, 4) is 0 Å². The van der Waals surface area contributed by atoms with Crippen molar-refractivity contribution in [1.29, 1.82) is 0 Å². The molecule has 2 heterocycles. The van der Waals surface area contributed by atoms with Crippen LogP contribution in [-0.2, 0) is 0 Å². The Morgan fingerprint density at radius 1 is 1.13 bits per heavy atom. The lowest BCUT2D eigenvalue weighted by molar-refractivity contribution is 0.0932. The highest BCUT2D eigenvalue weighted by Gasteiger charge is 2.22. The minimum Gasteiger partial charge on any atom is -0.348 e. The summed E-state index contributed by atoms with van der Waals surface area (Å²) in [5.41, 5.74) is 1.48. The van der Waals surface area contributed by atoms with Crippen LogP contribution in [0.1, 0.15) is 80.9 Å². The van der Waals surface area contributed by atoms with Crippen LogP contribution in [0.15, 0.2) is 6.07 Å². The van der Waals surface area contributed by atoms with Gasteiger partial charge in [-0.2, -0.15) is 0 Å². The summed E-state index contributed by atoms with van der Waals surface area (Å²) in [6.07, 6.45) is 8.24. The molecule has 1 aliphatic heterocycles. The molecule has 5 nitrogen and oxygen atoms in total. The van der Waals surface area contributed by atoms with Crippen LogP contribution in [0.25, 0.3) is 0 Å². The van der Waals surface area contributed by atoms with Crippen molar-refractivity contribution in [1.82, 2.24) is 15.3 Å². The van der Waals surface area contributed by atoms with E-state index in [0.29, 0.717) is 17.7 Å². The fourth-order valence-corrected chi connectivity index (χ4v) is 3.43.